The number of aliphatic hydroxyl groups is 2. The number of hydrogen-bond acceptors (Lipinski definition) is 5. The van der Waals surface area contributed by atoms with E-state index in [0.717, 1.165) is 6.07 Å². The van der Waals surface area contributed by atoms with Crippen molar-refractivity contribution < 1.29 is 34.4 Å². The van der Waals surface area contributed by atoms with E-state index in [0.29, 0.717) is 0 Å². The van der Waals surface area contributed by atoms with Gasteiger partial charge < -0.3 is 24.8 Å². The van der Waals surface area contributed by atoms with Gasteiger partial charge in [-0.25, -0.2) is 4.79 Å². The highest BCUT2D eigenvalue weighted by Crippen LogP contribution is 2.21. The molecule has 7 nitrogen and oxygen atoms in total. The lowest BCUT2D eigenvalue weighted by atomic mass is 10.1. The Balaban J connectivity index is 2.75. The maximum absolute atomic E-state index is 10.5. The summed E-state index contributed by atoms with van der Waals surface area (Å²) in [6.45, 7) is 0. The summed E-state index contributed by atoms with van der Waals surface area (Å²) in [6, 6.07) is 2.27. The van der Waals surface area contributed by atoms with Crippen LogP contribution in [0.1, 0.15) is 28.8 Å². The normalized spacial score (nSPS) is 14.4. The number of rotatable bonds is 5. The average Bonchev–Trinajstić information content (AvgIpc) is 2.64. The minimum absolute atomic E-state index is 0.189. The van der Waals surface area contributed by atoms with E-state index in [9.17, 15) is 19.8 Å². The van der Waals surface area contributed by atoms with Crippen LogP contribution in [0.5, 0.6) is 0 Å². The van der Waals surface area contributed by atoms with Crippen LogP contribution in [0.15, 0.2) is 16.5 Å². The average molecular weight is 230 g/mol. The molecule has 1 heterocycles. The van der Waals surface area contributed by atoms with E-state index in [1.54, 1.807) is 0 Å². The number of carbonyl (C=O) groups is 2. The number of hydrogen-bond donors (Lipinski definition) is 4. The van der Waals surface area contributed by atoms with E-state index in [1.165, 1.54) is 6.07 Å². The number of furan rings is 1. The van der Waals surface area contributed by atoms with Crippen molar-refractivity contribution in [2.45, 2.75) is 18.6 Å². The lowest BCUT2D eigenvalue weighted by Crippen LogP contribution is -2.21. The molecule has 7 heteroatoms. The zero-order valence-electron chi connectivity index (χ0n) is 8.03. The fraction of sp³-hybridized carbons (Fsp3) is 0.333. The van der Waals surface area contributed by atoms with E-state index in [2.05, 4.69) is 0 Å². The van der Waals surface area contributed by atoms with Gasteiger partial charge in [-0.05, 0) is 12.1 Å². The SMILES string of the molecule is O=C(O)CC(O)C(O)c1ccc(C(=O)O)o1. The summed E-state index contributed by atoms with van der Waals surface area (Å²) >= 11 is 0. The summed E-state index contributed by atoms with van der Waals surface area (Å²) in [7, 11) is 0. The molecule has 0 spiro atoms. The van der Waals surface area contributed by atoms with Crippen LogP contribution in [-0.4, -0.2) is 38.5 Å². The standard InChI is InChI=1S/C9H10O7/c10-4(3-7(11)12)8(13)5-1-2-6(16-5)9(14)15/h1-2,4,8,10,13H,3H2,(H,11,12)(H,14,15). The highest BCUT2D eigenvalue weighted by atomic mass is 16.4. The Bertz CT molecular complexity index is 394. The molecular weight excluding hydrogens is 220 g/mol. The van der Waals surface area contributed by atoms with Crippen molar-refractivity contribution in [1.82, 2.24) is 0 Å². The van der Waals surface area contributed by atoms with Gasteiger partial charge >= 0.3 is 11.9 Å². The van der Waals surface area contributed by atoms with Gasteiger partial charge in [0.05, 0.1) is 12.5 Å². The van der Waals surface area contributed by atoms with Crippen LogP contribution < -0.4 is 0 Å². The Kier molecular flexibility index (Phi) is 3.64. The molecule has 0 amide bonds. The van der Waals surface area contributed by atoms with Crippen LogP contribution in [0, 0.1) is 0 Å². The fourth-order valence-electron chi connectivity index (χ4n) is 1.11. The quantitative estimate of drug-likeness (QED) is 0.553. The first-order valence-corrected chi connectivity index (χ1v) is 4.32. The lowest BCUT2D eigenvalue weighted by molar-refractivity contribution is -0.141. The summed E-state index contributed by atoms with van der Waals surface area (Å²) in [5, 5.41) is 35.6. The summed E-state index contributed by atoms with van der Waals surface area (Å²) in [5.74, 6) is -3.18. The van der Waals surface area contributed by atoms with Gasteiger partial charge in [0.25, 0.3) is 0 Å². The molecule has 0 aliphatic carbocycles. The predicted octanol–water partition coefficient (Wildman–Crippen LogP) is -0.153. The van der Waals surface area contributed by atoms with Crippen molar-refractivity contribution in [1.29, 1.82) is 0 Å². The molecule has 0 aromatic carbocycles. The van der Waals surface area contributed by atoms with Crippen LogP contribution >= 0.6 is 0 Å². The Labute approximate surface area is 89.6 Å². The molecule has 88 valence electrons. The minimum Gasteiger partial charge on any atom is -0.481 e. The van der Waals surface area contributed by atoms with Gasteiger partial charge in [0, 0.05) is 0 Å². The highest BCUT2D eigenvalue weighted by molar-refractivity contribution is 5.84. The second-order valence-electron chi connectivity index (χ2n) is 3.12. The number of aliphatic carboxylic acids is 1. The molecule has 2 atom stereocenters. The van der Waals surface area contributed by atoms with E-state index in [1.807, 2.05) is 0 Å². The van der Waals surface area contributed by atoms with Gasteiger partial charge in [0.15, 0.2) is 0 Å². The Hall–Kier alpha value is -1.86. The van der Waals surface area contributed by atoms with Crippen LogP contribution in [0.25, 0.3) is 0 Å². The first kappa shape index (κ1) is 12.2. The van der Waals surface area contributed by atoms with E-state index >= 15 is 0 Å². The van der Waals surface area contributed by atoms with Crippen molar-refractivity contribution in [3.8, 4) is 0 Å². The topological polar surface area (TPSA) is 128 Å². The van der Waals surface area contributed by atoms with Gasteiger partial charge in [-0.2, -0.15) is 0 Å². The van der Waals surface area contributed by atoms with Gasteiger partial charge in [-0.3, -0.25) is 4.79 Å². The molecule has 0 radical (unpaired) electrons. The fourth-order valence-corrected chi connectivity index (χ4v) is 1.11. The summed E-state index contributed by atoms with van der Waals surface area (Å²) in [4.78, 5) is 20.7. The molecule has 2 unspecified atom stereocenters. The second kappa shape index (κ2) is 4.77. The third-order valence-corrected chi connectivity index (χ3v) is 1.88. The first-order valence-electron chi connectivity index (χ1n) is 4.32. The molecule has 16 heavy (non-hydrogen) atoms. The molecule has 0 aliphatic heterocycles. The number of aromatic carboxylic acids is 1. The van der Waals surface area contributed by atoms with Crippen LogP contribution in [0.3, 0.4) is 0 Å². The van der Waals surface area contributed by atoms with Crippen molar-refractivity contribution in [3.63, 3.8) is 0 Å². The van der Waals surface area contributed by atoms with Gasteiger partial charge in [-0.15, -0.1) is 0 Å². The summed E-state index contributed by atoms with van der Waals surface area (Å²) in [5.41, 5.74) is 0. The van der Waals surface area contributed by atoms with Crippen LogP contribution in [0.2, 0.25) is 0 Å². The molecule has 4 N–H and O–H groups in total. The molecule has 1 aromatic heterocycles. The van der Waals surface area contributed by atoms with Gasteiger partial charge in [-0.1, -0.05) is 0 Å². The Morgan fingerprint density at radius 2 is 1.88 bits per heavy atom. The minimum atomic E-state index is -1.57. The number of aliphatic hydroxyl groups excluding tert-OH is 2. The molecule has 0 saturated carbocycles. The zero-order chi connectivity index (χ0) is 12.3. The van der Waals surface area contributed by atoms with Crippen molar-refractivity contribution in [2.75, 3.05) is 0 Å². The number of carboxylic acids is 2. The van der Waals surface area contributed by atoms with Crippen molar-refractivity contribution in [3.05, 3.63) is 23.7 Å². The molecule has 0 bridgehead atoms. The molecule has 0 saturated heterocycles. The summed E-state index contributed by atoms with van der Waals surface area (Å²) in [6.07, 6.45) is -3.78. The highest BCUT2D eigenvalue weighted by Gasteiger charge is 2.24. The van der Waals surface area contributed by atoms with Crippen molar-refractivity contribution >= 4 is 11.9 Å². The smallest absolute Gasteiger partial charge is 0.371 e. The maximum Gasteiger partial charge on any atom is 0.371 e. The third-order valence-electron chi connectivity index (χ3n) is 1.88. The second-order valence-corrected chi connectivity index (χ2v) is 3.12. The van der Waals surface area contributed by atoms with E-state index in [4.69, 9.17) is 14.6 Å². The molecule has 0 aliphatic rings. The Morgan fingerprint density at radius 1 is 1.25 bits per heavy atom. The van der Waals surface area contributed by atoms with Crippen LogP contribution in [-0.2, 0) is 4.79 Å². The Morgan fingerprint density at radius 3 is 2.31 bits per heavy atom. The molecule has 0 fully saturated rings. The summed E-state index contributed by atoms with van der Waals surface area (Å²) < 4.78 is 4.71. The first-order chi connectivity index (χ1) is 7.41. The van der Waals surface area contributed by atoms with Crippen molar-refractivity contribution in [2.24, 2.45) is 0 Å². The maximum atomic E-state index is 10.5. The number of carboxylic acid groups (broad SMARTS) is 2. The van der Waals surface area contributed by atoms with Gasteiger partial charge in [0.1, 0.15) is 11.9 Å². The lowest BCUT2D eigenvalue weighted by Gasteiger charge is -2.13. The molecular formula is C9H10O7. The zero-order valence-corrected chi connectivity index (χ0v) is 8.03. The van der Waals surface area contributed by atoms with E-state index < -0.39 is 36.3 Å². The van der Waals surface area contributed by atoms with E-state index in [-0.39, 0.29) is 5.76 Å². The third kappa shape index (κ3) is 2.81. The predicted molar refractivity (Wildman–Crippen MR) is 48.9 cm³/mol. The molecule has 1 rings (SSSR count). The largest absolute Gasteiger partial charge is 0.481 e. The van der Waals surface area contributed by atoms with Crippen LogP contribution in [0.4, 0.5) is 0 Å². The monoisotopic (exact) mass is 230 g/mol. The van der Waals surface area contributed by atoms with Gasteiger partial charge in [0.2, 0.25) is 5.76 Å². The molecule has 1 aromatic rings.